The fourth-order valence-electron chi connectivity index (χ4n) is 1.63. The molecule has 0 radical (unpaired) electrons. The zero-order valence-corrected chi connectivity index (χ0v) is 8.63. The van der Waals surface area contributed by atoms with Gasteiger partial charge in [-0.2, -0.15) is 0 Å². The van der Waals surface area contributed by atoms with Crippen molar-refractivity contribution in [3.05, 3.63) is 34.2 Å². The van der Waals surface area contributed by atoms with Gasteiger partial charge >= 0.3 is 5.69 Å². The lowest BCUT2D eigenvalue weighted by molar-refractivity contribution is 0.0810. The van der Waals surface area contributed by atoms with Crippen molar-refractivity contribution in [1.82, 2.24) is 15.3 Å². The van der Waals surface area contributed by atoms with Gasteiger partial charge in [0.25, 0.3) is 0 Å². The molecule has 2 aromatic rings. The Morgan fingerprint density at radius 2 is 2.07 bits per heavy atom. The summed E-state index contributed by atoms with van der Waals surface area (Å²) in [7, 11) is 3.45. The predicted octanol–water partition coefficient (Wildman–Crippen LogP) is 0.721. The number of hydrogen-bond acceptors (Lipinski definition) is 3. The molecular formula is C10H13N3O2. The summed E-state index contributed by atoms with van der Waals surface area (Å²) >= 11 is 0. The summed E-state index contributed by atoms with van der Waals surface area (Å²) < 4.78 is 5.23. The normalized spacial score (nSPS) is 13.2. The Morgan fingerprint density at radius 1 is 1.33 bits per heavy atom. The molecule has 1 aromatic heterocycles. The Kier molecular flexibility index (Phi) is 2.57. The maximum absolute atomic E-state index is 11.1. The number of fused-ring (bicyclic) bond motifs is 1. The zero-order chi connectivity index (χ0) is 10.8. The minimum absolute atomic E-state index is 0.159. The van der Waals surface area contributed by atoms with Crippen molar-refractivity contribution in [1.29, 1.82) is 0 Å². The number of imidazole rings is 1. The summed E-state index contributed by atoms with van der Waals surface area (Å²) in [4.78, 5) is 16.4. The molecule has 3 N–H and O–H groups in total. The molecule has 80 valence electrons. The quantitative estimate of drug-likeness (QED) is 0.649. The van der Waals surface area contributed by atoms with E-state index in [-0.39, 0.29) is 11.9 Å². The van der Waals surface area contributed by atoms with Gasteiger partial charge in [-0.15, -0.1) is 0 Å². The lowest BCUT2D eigenvalue weighted by Gasteiger charge is -2.14. The number of ether oxygens (including phenoxy) is 1. The summed E-state index contributed by atoms with van der Waals surface area (Å²) in [6.07, 6.45) is -0.159. The highest BCUT2D eigenvalue weighted by atomic mass is 16.5. The van der Waals surface area contributed by atoms with E-state index >= 15 is 0 Å². The zero-order valence-electron chi connectivity index (χ0n) is 8.63. The van der Waals surface area contributed by atoms with Crippen LogP contribution in [0.1, 0.15) is 11.8 Å². The lowest BCUT2D eigenvalue weighted by Crippen LogP contribution is -2.17. The third-order valence-corrected chi connectivity index (χ3v) is 2.34. The molecule has 2 rings (SSSR count). The van der Waals surface area contributed by atoms with E-state index < -0.39 is 0 Å². The smallest absolute Gasteiger partial charge is 0.323 e. The third kappa shape index (κ3) is 1.79. The van der Waals surface area contributed by atoms with Crippen molar-refractivity contribution in [3.63, 3.8) is 0 Å². The number of benzene rings is 1. The second-order valence-electron chi connectivity index (χ2n) is 3.29. The second-order valence-corrected chi connectivity index (χ2v) is 3.29. The molecule has 0 saturated heterocycles. The molecule has 0 spiro atoms. The van der Waals surface area contributed by atoms with Crippen molar-refractivity contribution in [2.45, 2.75) is 6.23 Å². The number of nitrogens with one attached hydrogen (secondary N) is 3. The van der Waals surface area contributed by atoms with Crippen LogP contribution in [0.15, 0.2) is 23.0 Å². The Hall–Kier alpha value is -1.59. The first-order valence-electron chi connectivity index (χ1n) is 4.66. The van der Waals surface area contributed by atoms with E-state index in [4.69, 9.17) is 4.74 Å². The Labute approximate surface area is 86.5 Å². The highest BCUT2D eigenvalue weighted by molar-refractivity contribution is 5.75. The average Bonchev–Trinajstić information content (AvgIpc) is 2.59. The van der Waals surface area contributed by atoms with Crippen LogP contribution in [-0.2, 0) is 4.74 Å². The van der Waals surface area contributed by atoms with E-state index in [1.165, 1.54) is 0 Å². The van der Waals surface area contributed by atoms with Gasteiger partial charge in [0.1, 0.15) is 6.23 Å². The third-order valence-electron chi connectivity index (χ3n) is 2.34. The van der Waals surface area contributed by atoms with Crippen molar-refractivity contribution >= 4 is 11.0 Å². The summed E-state index contributed by atoms with van der Waals surface area (Å²) in [5.41, 5.74) is 2.37. The highest BCUT2D eigenvalue weighted by Gasteiger charge is 2.08. The minimum atomic E-state index is -0.194. The first-order chi connectivity index (χ1) is 7.24. The molecule has 0 bridgehead atoms. The van der Waals surface area contributed by atoms with Gasteiger partial charge < -0.3 is 14.7 Å². The van der Waals surface area contributed by atoms with Crippen LogP contribution in [0.5, 0.6) is 0 Å². The first-order valence-corrected chi connectivity index (χ1v) is 4.66. The summed E-state index contributed by atoms with van der Waals surface area (Å²) in [5, 5.41) is 3.02. The van der Waals surface area contributed by atoms with Crippen LogP contribution in [0.3, 0.4) is 0 Å². The number of aromatic amines is 2. The fourth-order valence-corrected chi connectivity index (χ4v) is 1.63. The number of hydrogen-bond donors (Lipinski definition) is 3. The Morgan fingerprint density at radius 3 is 2.73 bits per heavy atom. The van der Waals surface area contributed by atoms with Gasteiger partial charge in [0.2, 0.25) is 0 Å². The maximum Gasteiger partial charge on any atom is 0.323 e. The molecule has 1 unspecified atom stereocenters. The van der Waals surface area contributed by atoms with Gasteiger partial charge in [-0.1, -0.05) is 6.07 Å². The summed E-state index contributed by atoms with van der Waals surface area (Å²) in [6, 6.07) is 5.65. The predicted molar refractivity (Wildman–Crippen MR) is 57.7 cm³/mol. The molecule has 5 nitrogen and oxygen atoms in total. The lowest BCUT2D eigenvalue weighted by atomic mass is 10.2. The van der Waals surface area contributed by atoms with E-state index in [2.05, 4.69) is 15.3 Å². The monoisotopic (exact) mass is 207 g/mol. The van der Waals surface area contributed by atoms with Crippen LogP contribution in [0.4, 0.5) is 0 Å². The van der Waals surface area contributed by atoms with Crippen LogP contribution in [0.2, 0.25) is 0 Å². The van der Waals surface area contributed by atoms with E-state index in [1.54, 1.807) is 7.11 Å². The van der Waals surface area contributed by atoms with Crippen LogP contribution >= 0.6 is 0 Å². The fraction of sp³-hybridized carbons (Fsp3) is 0.300. The van der Waals surface area contributed by atoms with Crippen LogP contribution in [0.25, 0.3) is 11.0 Å². The maximum atomic E-state index is 11.1. The minimum Gasteiger partial charge on any atom is -0.362 e. The molecule has 0 saturated carbocycles. The average molecular weight is 207 g/mol. The molecule has 1 heterocycles. The van der Waals surface area contributed by atoms with Gasteiger partial charge in [-0.3, -0.25) is 5.32 Å². The molecule has 0 fully saturated rings. The van der Waals surface area contributed by atoms with Gasteiger partial charge in [0, 0.05) is 7.11 Å². The molecule has 0 aliphatic carbocycles. The van der Waals surface area contributed by atoms with E-state index in [0.717, 1.165) is 16.6 Å². The molecule has 1 atom stereocenters. The molecular weight excluding hydrogens is 194 g/mol. The molecule has 0 aliphatic rings. The van der Waals surface area contributed by atoms with Gasteiger partial charge in [-0.05, 0) is 24.7 Å². The molecule has 0 aliphatic heterocycles. The van der Waals surface area contributed by atoms with Gasteiger partial charge in [0.05, 0.1) is 11.0 Å². The van der Waals surface area contributed by atoms with Gasteiger partial charge in [0.15, 0.2) is 0 Å². The summed E-state index contributed by atoms with van der Waals surface area (Å²) in [6.45, 7) is 0. The second kappa shape index (κ2) is 3.88. The van der Waals surface area contributed by atoms with Crippen molar-refractivity contribution in [2.24, 2.45) is 0 Å². The first kappa shape index (κ1) is 9.95. The molecule has 0 amide bonds. The van der Waals surface area contributed by atoms with Crippen LogP contribution in [0, 0.1) is 0 Å². The topological polar surface area (TPSA) is 69.9 Å². The molecule has 1 aromatic carbocycles. The van der Waals surface area contributed by atoms with Crippen LogP contribution < -0.4 is 11.0 Å². The van der Waals surface area contributed by atoms with E-state index in [9.17, 15) is 4.79 Å². The largest absolute Gasteiger partial charge is 0.362 e. The SMILES string of the molecule is CNC(OC)c1ccc2[nH]c(=O)[nH]c2c1. The van der Waals surface area contributed by atoms with Crippen molar-refractivity contribution in [3.8, 4) is 0 Å². The number of aromatic nitrogens is 2. The van der Waals surface area contributed by atoms with E-state index in [0.29, 0.717) is 0 Å². The Balaban J connectivity index is 2.49. The standard InChI is InChI=1S/C10H13N3O2/c1-11-9(15-2)6-3-4-7-8(5-6)13-10(14)12-7/h3-5,9,11H,1-2H3,(H2,12,13,14). The van der Waals surface area contributed by atoms with Crippen molar-refractivity contribution < 1.29 is 4.74 Å². The number of H-pyrrole nitrogens is 2. The molecule has 15 heavy (non-hydrogen) atoms. The number of methoxy groups -OCH3 is 1. The number of rotatable bonds is 3. The Bertz CT molecular complexity index is 511. The van der Waals surface area contributed by atoms with Gasteiger partial charge in [-0.25, -0.2) is 4.79 Å². The summed E-state index contributed by atoms with van der Waals surface area (Å²) in [5.74, 6) is 0. The highest BCUT2D eigenvalue weighted by Crippen LogP contribution is 2.17. The molecule has 5 heteroatoms. The van der Waals surface area contributed by atoms with Crippen molar-refractivity contribution in [2.75, 3.05) is 14.2 Å². The van der Waals surface area contributed by atoms with E-state index in [1.807, 2.05) is 25.2 Å². The van der Waals surface area contributed by atoms with Crippen LogP contribution in [-0.4, -0.2) is 24.1 Å².